The van der Waals surface area contributed by atoms with Crippen LogP contribution in [0.3, 0.4) is 0 Å². The Morgan fingerprint density at radius 3 is 1.36 bits per heavy atom. The van der Waals surface area contributed by atoms with Gasteiger partial charge in [-0.25, -0.2) is 0 Å². The highest BCUT2D eigenvalue weighted by atomic mass is 16.3. The Hall–Kier alpha value is -5.92. The number of benzene rings is 8. The van der Waals surface area contributed by atoms with Gasteiger partial charge in [-0.05, 0) is 72.6 Å². The molecule has 210 valence electrons. The molecule has 9 rings (SSSR count). The van der Waals surface area contributed by atoms with E-state index in [0.717, 1.165) is 33.1 Å². The molecular weight excluding hydrogens is 544 g/mol. The van der Waals surface area contributed by atoms with E-state index >= 15 is 0 Å². The highest BCUT2D eigenvalue weighted by molar-refractivity contribution is 6.25. The second-order valence-corrected chi connectivity index (χ2v) is 11.6. The van der Waals surface area contributed by atoms with Crippen molar-refractivity contribution in [1.29, 1.82) is 0 Å². The first-order valence-electron chi connectivity index (χ1n) is 15.4. The predicted molar refractivity (Wildman–Crippen MR) is 190 cm³/mol. The van der Waals surface area contributed by atoms with E-state index in [2.05, 4.69) is 164 Å². The first-order chi connectivity index (χ1) is 22.4. The Balaban J connectivity index is 1.44. The van der Waals surface area contributed by atoms with Gasteiger partial charge in [0.1, 0.15) is 11.2 Å². The van der Waals surface area contributed by atoms with Crippen molar-refractivity contribution in [1.82, 2.24) is 0 Å². The Kier molecular flexibility index (Phi) is 5.89. The van der Waals surface area contributed by atoms with E-state index in [1.807, 2.05) is 6.07 Å². The van der Waals surface area contributed by atoms with E-state index < -0.39 is 0 Å². The Bertz CT molecular complexity index is 2460. The number of hydrogen-bond donors (Lipinski definition) is 0. The molecule has 1 heterocycles. The van der Waals surface area contributed by atoms with Gasteiger partial charge in [-0.2, -0.15) is 0 Å². The van der Waals surface area contributed by atoms with E-state index in [1.165, 1.54) is 54.9 Å². The van der Waals surface area contributed by atoms with Crippen molar-refractivity contribution in [2.24, 2.45) is 0 Å². The summed E-state index contributed by atoms with van der Waals surface area (Å²) in [6, 6.07) is 60.9. The summed E-state index contributed by atoms with van der Waals surface area (Å²) in [6.45, 7) is 0. The zero-order chi connectivity index (χ0) is 29.7. The van der Waals surface area contributed by atoms with Crippen LogP contribution in [-0.4, -0.2) is 0 Å². The molecule has 0 bridgehead atoms. The lowest BCUT2D eigenvalue weighted by molar-refractivity contribution is 0.670. The summed E-state index contributed by atoms with van der Waals surface area (Å²) < 4.78 is 6.68. The van der Waals surface area contributed by atoms with Crippen LogP contribution in [0.15, 0.2) is 174 Å². The van der Waals surface area contributed by atoms with Gasteiger partial charge >= 0.3 is 0 Å². The van der Waals surface area contributed by atoms with Gasteiger partial charge in [0.2, 0.25) is 0 Å². The van der Waals surface area contributed by atoms with Crippen LogP contribution in [0.2, 0.25) is 0 Å². The first kappa shape index (κ1) is 25.6. The molecule has 0 unspecified atom stereocenters. The SMILES string of the molecule is c1ccc(-c2ccccc2-c2c3ccccc3c(-c3ccc4c(oc5ccccc54)c3-c3ccccc3)c3ccccc23)cc1. The summed E-state index contributed by atoms with van der Waals surface area (Å²) in [5, 5.41) is 7.19. The van der Waals surface area contributed by atoms with Crippen molar-refractivity contribution in [3.63, 3.8) is 0 Å². The fraction of sp³-hybridized carbons (Fsp3) is 0. The average Bonchev–Trinajstić information content (AvgIpc) is 3.50. The molecule has 1 heteroatoms. The Morgan fingerprint density at radius 1 is 0.267 bits per heavy atom. The Morgan fingerprint density at radius 2 is 0.733 bits per heavy atom. The zero-order valence-electron chi connectivity index (χ0n) is 24.6. The molecule has 9 aromatic rings. The average molecular weight is 573 g/mol. The molecule has 0 atom stereocenters. The minimum absolute atomic E-state index is 0.907. The maximum Gasteiger partial charge on any atom is 0.143 e. The van der Waals surface area contributed by atoms with Crippen LogP contribution in [0, 0.1) is 0 Å². The first-order valence-corrected chi connectivity index (χ1v) is 15.4. The summed E-state index contributed by atoms with van der Waals surface area (Å²) >= 11 is 0. The van der Waals surface area contributed by atoms with Crippen LogP contribution in [0.25, 0.3) is 88.0 Å². The fourth-order valence-corrected chi connectivity index (χ4v) is 7.17. The largest absolute Gasteiger partial charge is 0.455 e. The van der Waals surface area contributed by atoms with Crippen molar-refractivity contribution >= 4 is 43.5 Å². The molecule has 0 spiro atoms. The lowest BCUT2D eigenvalue weighted by atomic mass is 9.82. The summed E-state index contributed by atoms with van der Waals surface area (Å²) in [4.78, 5) is 0. The highest BCUT2D eigenvalue weighted by Gasteiger charge is 2.23. The van der Waals surface area contributed by atoms with Crippen molar-refractivity contribution in [2.45, 2.75) is 0 Å². The molecular formula is C44H28O. The second-order valence-electron chi connectivity index (χ2n) is 11.6. The standard InChI is InChI=1S/C44H28O/c1-3-15-29(16-4-1)31-19-7-8-21-33(31)42-34-22-9-11-24-36(34)43(37-25-12-10-23-35(37)42)39-28-27-38-32-20-13-14-26-40(32)45-44(38)41(39)30-17-5-2-6-18-30/h1-28H. The molecule has 0 saturated carbocycles. The molecule has 0 radical (unpaired) electrons. The molecule has 1 aromatic heterocycles. The molecule has 0 N–H and O–H groups in total. The van der Waals surface area contributed by atoms with Crippen LogP contribution in [-0.2, 0) is 0 Å². The van der Waals surface area contributed by atoms with E-state index in [9.17, 15) is 0 Å². The van der Waals surface area contributed by atoms with Crippen LogP contribution in [0.4, 0.5) is 0 Å². The quantitative estimate of drug-likeness (QED) is 0.191. The molecule has 0 aliphatic rings. The monoisotopic (exact) mass is 572 g/mol. The molecule has 45 heavy (non-hydrogen) atoms. The maximum atomic E-state index is 6.68. The van der Waals surface area contributed by atoms with Crippen LogP contribution >= 0.6 is 0 Å². The number of hydrogen-bond acceptors (Lipinski definition) is 1. The highest BCUT2D eigenvalue weighted by Crippen LogP contribution is 2.49. The molecule has 0 saturated heterocycles. The number of rotatable bonds is 4. The van der Waals surface area contributed by atoms with Crippen molar-refractivity contribution < 1.29 is 4.42 Å². The third kappa shape index (κ3) is 4.02. The van der Waals surface area contributed by atoms with E-state index in [4.69, 9.17) is 4.42 Å². The van der Waals surface area contributed by atoms with Crippen molar-refractivity contribution in [3.05, 3.63) is 170 Å². The van der Waals surface area contributed by atoms with Crippen LogP contribution < -0.4 is 0 Å². The van der Waals surface area contributed by atoms with Gasteiger partial charge < -0.3 is 4.42 Å². The lowest BCUT2D eigenvalue weighted by Crippen LogP contribution is -1.94. The normalized spacial score (nSPS) is 11.6. The zero-order valence-corrected chi connectivity index (χ0v) is 24.6. The minimum Gasteiger partial charge on any atom is -0.455 e. The van der Waals surface area contributed by atoms with Gasteiger partial charge in [0, 0.05) is 16.3 Å². The Labute approximate surface area is 261 Å². The molecule has 0 amide bonds. The topological polar surface area (TPSA) is 13.1 Å². The van der Waals surface area contributed by atoms with Gasteiger partial charge in [0.05, 0.1) is 0 Å². The smallest absolute Gasteiger partial charge is 0.143 e. The summed E-state index contributed by atoms with van der Waals surface area (Å²) in [7, 11) is 0. The molecule has 8 aromatic carbocycles. The minimum atomic E-state index is 0.907. The van der Waals surface area contributed by atoms with Crippen LogP contribution in [0.1, 0.15) is 0 Å². The maximum absolute atomic E-state index is 6.68. The number of fused-ring (bicyclic) bond motifs is 5. The van der Waals surface area contributed by atoms with Gasteiger partial charge in [-0.3, -0.25) is 0 Å². The number of para-hydroxylation sites is 1. The van der Waals surface area contributed by atoms with E-state index in [-0.39, 0.29) is 0 Å². The lowest BCUT2D eigenvalue weighted by Gasteiger charge is -2.21. The number of furan rings is 1. The molecule has 0 fully saturated rings. The summed E-state index contributed by atoms with van der Waals surface area (Å²) in [6.07, 6.45) is 0. The van der Waals surface area contributed by atoms with Crippen molar-refractivity contribution in [3.8, 4) is 44.5 Å². The van der Waals surface area contributed by atoms with Crippen LogP contribution in [0.5, 0.6) is 0 Å². The fourth-order valence-electron chi connectivity index (χ4n) is 7.17. The van der Waals surface area contributed by atoms with E-state index in [1.54, 1.807) is 0 Å². The van der Waals surface area contributed by atoms with E-state index in [0.29, 0.717) is 0 Å². The molecule has 0 aliphatic heterocycles. The third-order valence-electron chi connectivity index (χ3n) is 9.09. The summed E-state index contributed by atoms with van der Waals surface area (Å²) in [5.41, 5.74) is 11.4. The van der Waals surface area contributed by atoms with Gasteiger partial charge in [0.25, 0.3) is 0 Å². The second kappa shape index (κ2) is 10.4. The van der Waals surface area contributed by atoms with Gasteiger partial charge in [-0.15, -0.1) is 0 Å². The summed E-state index contributed by atoms with van der Waals surface area (Å²) in [5.74, 6) is 0. The third-order valence-corrected chi connectivity index (χ3v) is 9.09. The molecule has 1 nitrogen and oxygen atoms in total. The molecule has 0 aliphatic carbocycles. The van der Waals surface area contributed by atoms with Gasteiger partial charge in [-0.1, -0.05) is 158 Å². The van der Waals surface area contributed by atoms with Gasteiger partial charge in [0.15, 0.2) is 0 Å². The van der Waals surface area contributed by atoms with Crippen molar-refractivity contribution in [2.75, 3.05) is 0 Å². The predicted octanol–water partition coefficient (Wildman–Crippen LogP) is 12.6.